The van der Waals surface area contributed by atoms with Crippen LogP contribution in [-0.4, -0.2) is 31.4 Å². The molecular formula is C32H52O2Si2. The van der Waals surface area contributed by atoms with Crippen LogP contribution in [0.2, 0.25) is 17.6 Å². The molecule has 0 amide bonds. The zero-order valence-electron chi connectivity index (χ0n) is 23.3. The third-order valence-corrected chi connectivity index (χ3v) is 13.5. The Hall–Kier alpha value is -1.66. The molecule has 0 aromatic heterocycles. The quantitative estimate of drug-likeness (QED) is 0.0993. The van der Waals surface area contributed by atoms with Gasteiger partial charge in [-0.2, -0.15) is 0 Å². The molecule has 2 nitrogen and oxygen atoms in total. The molecule has 0 radical (unpaired) electrons. The number of benzene rings is 2. The summed E-state index contributed by atoms with van der Waals surface area (Å²) in [5, 5.41) is 3.25. The average Bonchev–Trinajstić information content (AvgIpc) is 2.92. The van der Waals surface area contributed by atoms with E-state index in [0.29, 0.717) is 6.42 Å². The number of esters is 1. The third-order valence-electron chi connectivity index (χ3n) is 7.65. The Morgan fingerprint density at radius 3 is 1.75 bits per heavy atom. The minimum atomic E-state index is -1.22. The maximum absolute atomic E-state index is 11.1. The van der Waals surface area contributed by atoms with Gasteiger partial charge in [-0.05, 0) is 12.0 Å². The second-order valence-electron chi connectivity index (χ2n) is 10.6. The Morgan fingerprint density at radius 2 is 1.22 bits per heavy atom. The molecule has 2 rings (SSSR count). The summed E-state index contributed by atoms with van der Waals surface area (Å²) in [7, 11) is 0.384. The summed E-state index contributed by atoms with van der Waals surface area (Å²) in [5.74, 6) is -0.0605. The molecule has 0 bridgehead atoms. The number of hydrogen-bond acceptors (Lipinski definition) is 2. The Morgan fingerprint density at radius 1 is 0.722 bits per heavy atom. The second-order valence-corrected chi connectivity index (χ2v) is 15.9. The highest BCUT2D eigenvalue weighted by Gasteiger charge is 2.26. The molecule has 0 heterocycles. The number of carbonyl (C=O) groups excluding carboxylic acids is 1. The van der Waals surface area contributed by atoms with E-state index in [0.717, 1.165) is 12.0 Å². The third kappa shape index (κ3) is 13.1. The van der Waals surface area contributed by atoms with Crippen LogP contribution in [0.3, 0.4) is 0 Å². The maximum atomic E-state index is 11.1. The van der Waals surface area contributed by atoms with Crippen LogP contribution in [0, 0.1) is 0 Å². The van der Waals surface area contributed by atoms with E-state index in [-0.39, 0.29) is 15.5 Å². The molecule has 1 atom stereocenters. The molecule has 36 heavy (non-hydrogen) atoms. The second kappa shape index (κ2) is 20.4. The molecule has 0 spiro atoms. The fourth-order valence-corrected chi connectivity index (χ4v) is 11.2. The first-order chi connectivity index (χ1) is 17.8. The molecule has 0 aliphatic carbocycles. The first kappa shape index (κ1) is 30.6. The average molecular weight is 525 g/mol. The monoisotopic (exact) mass is 524 g/mol. The van der Waals surface area contributed by atoms with Crippen LogP contribution in [0.25, 0.3) is 0 Å². The van der Waals surface area contributed by atoms with E-state index in [1.807, 2.05) is 0 Å². The predicted octanol–water partition coefficient (Wildman–Crippen LogP) is 7.06. The van der Waals surface area contributed by atoms with Crippen molar-refractivity contribution in [3.8, 4) is 0 Å². The van der Waals surface area contributed by atoms with Gasteiger partial charge in [0.15, 0.2) is 0 Å². The van der Waals surface area contributed by atoms with Gasteiger partial charge in [-0.1, -0.05) is 167 Å². The lowest BCUT2D eigenvalue weighted by atomic mass is 10.1. The van der Waals surface area contributed by atoms with E-state index >= 15 is 0 Å². The van der Waals surface area contributed by atoms with Gasteiger partial charge in [0.2, 0.25) is 0 Å². The molecule has 0 saturated heterocycles. The zero-order chi connectivity index (χ0) is 25.7. The van der Waals surface area contributed by atoms with Crippen LogP contribution < -0.4 is 10.4 Å². The van der Waals surface area contributed by atoms with Crippen LogP contribution in [0.5, 0.6) is 0 Å². The van der Waals surface area contributed by atoms with Crippen molar-refractivity contribution in [2.45, 2.75) is 114 Å². The summed E-state index contributed by atoms with van der Waals surface area (Å²) >= 11 is 0. The highest BCUT2D eigenvalue weighted by atomic mass is 28.3. The van der Waals surface area contributed by atoms with E-state index < -0.39 is 8.80 Å². The predicted molar refractivity (Wildman–Crippen MR) is 164 cm³/mol. The highest BCUT2D eigenvalue weighted by Crippen LogP contribution is 2.27. The van der Waals surface area contributed by atoms with E-state index in [4.69, 9.17) is 4.74 Å². The minimum Gasteiger partial charge on any atom is -0.469 e. The zero-order valence-corrected chi connectivity index (χ0v) is 25.8. The van der Waals surface area contributed by atoms with Crippen molar-refractivity contribution in [2.75, 3.05) is 7.11 Å². The fraction of sp³-hybridized carbons (Fsp3) is 0.594. The molecule has 2 aromatic carbocycles. The molecular weight excluding hydrogens is 473 g/mol. The standard InChI is InChI=1S/C32H52O2Si2/c1-3-4-11-20-29(36(30-22-13-9-14-23-30)31-24-15-10-16-25-31)21-12-5-7-18-27-35-28-19-8-6-17-26-32(33)34-2/h9-10,13-16,22-25,29,36H,3-8,11-12,17-21,26-28,35H2,1-2H3. The van der Waals surface area contributed by atoms with Gasteiger partial charge in [-0.25, -0.2) is 0 Å². The Labute approximate surface area is 226 Å². The van der Waals surface area contributed by atoms with Gasteiger partial charge in [-0.3, -0.25) is 4.79 Å². The van der Waals surface area contributed by atoms with Gasteiger partial charge in [0.25, 0.3) is 0 Å². The van der Waals surface area contributed by atoms with Crippen LogP contribution in [-0.2, 0) is 9.53 Å². The number of carbonyl (C=O) groups is 1. The molecule has 0 aliphatic heterocycles. The maximum Gasteiger partial charge on any atom is 0.305 e. The van der Waals surface area contributed by atoms with Crippen LogP contribution in [0.15, 0.2) is 60.7 Å². The number of methoxy groups -OCH3 is 1. The molecule has 2 aromatic rings. The highest BCUT2D eigenvalue weighted by molar-refractivity contribution is 6.86. The van der Waals surface area contributed by atoms with Gasteiger partial charge in [0.05, 0.1) is 7.11 Å². The number of ether oxygens (including phenoxy) is 1. The van der Waals surface area contributed by atoms with E-state index in [9.17, 15) is 4.79 Å². The van der Waals surface area contributed by atoms with Crippen molar-refractivity contribution in [3.63, 3.8) is 0 Å². The van der Waals surface area contributed by atoms with E-state index in [1.54, 1.807) is 10.4 Å². The first-order valence-electron chi connectivity index (χ1n) is 14.9. The number of rotatable bonds is 21. The van der Waals surface area contributed by atoms with E-state index in [1.165, 1.54) is 96.2 Å². The Balaban J connectivity index is 1.70. The lowest BCUT2D eigenvalue weighted by Crippen LogP contribution is -2.46. The smallest absolute Gasteiger partial charge is 0.305 e. The topological polar surface area (TPSA) is 26.3 Å². The lowest BCUT2D eigenvalue weighted by molar-refractivity contribution is -0.140. The summed E-state index contributed by atoms with van der Waals surface area (Å²) in [5.41, 5.74) is 0.870. The van der Waals surface area contributed by atoms with Gasteiger partial charge >= 0.3 is 5.97 Å². The number of unbranched alkanes of at least 4 members (excludes halogenated alkanes) is 8. The molecule has 1 unspecified atom stereocenters. The summed E-state index contributed by atoms with van der Waals surface area (Å²) in [6, 6.07) is 25.9. The van der Waals surface area contributed by atoms with Crippen LogP contribution in [0.1, 0.15) is 96.8 Å². The largest absolute Gasteiger partial charge is 0.469 e. The van der Waals surface area contributed by atoms with Gasteiger partial charge in [0, 0.05) is 15.9 Å². The molecule has 0 N–H and O–H groups in total. The molecule has 0 saturated carbocycles. The molecule has 0 aliphatic rings. The van der Waals surface area contributed by atoms with Crippen molar-refractivity contribution in [2.24, 2.45) is 0 Å². The minimum absolute atomic E-state index is 0.0605. The van der Waals surface area contributed by atoms with Gasteiger partial charge in [0.1, 0.15) is 8.80 Å². The van der Waals surface area contributed by atoms with Gasteiger partial charge < -0.3 is 4.74 Å². The molecule has 200 valence electrons. The van der Waals surface area contributed by atoms with Crippen LogP contribution >= 0.6 is 0 Å². The van der Waals surface area contributed by atoms with Crippen LogP contribution in [0.4, 0.5) is 0 Å². The Kier molecular flexibility index (Phi) is 17.3. The summed E-state index contributed by atoms with van der Waals surface area (Å²) < 4.78 is 4.71. The fourth-order valence-electron chi connectivity index (χ4n) is 5.56. The van der Waals surface area contributed by atoms with Crippen molar-refractivity contribution < 1.29 is 9.53 Å². The van der Waals surface area contributed by atoms with Gasteiger partial charge in [-0.15, -0.1) is 0 Å². The van der Waals surface area contributed by atoms with E-state index in [2.05, 4.69) is 67.6 Å². The normalized spacial score (nSPS) is 12.4. The number of hydrogen-bond donors (Lipinski definition) is 0. The van der Waals surface area contributed by atoms with Crippen molar-refractivity contribution in [1.82, 2.24) is 0 Å². The summed E-state index contributed by atoms with van der Waals surface area (Å²) in [4.78, 5) is 11.1. The SMILES string of the molecule is CCCCCC(CCCCCC[SiH2]CCCCCCC(=O)OC)[SiH](c1ccccc1)c1ccccc1. The lowest BCUT2D eigenvalue weighted by Gasteiger charge is -2.27. The van der Waals surface area contributed by atoms with Crippen molar-refractivity contribution in [3.05, 3.63) is 60.7 Å². The van der Waals surface area contributed by atoms with Crippen molar-refractivity contribution in [1.29, 1.82) is 0 Å². The first-order valence-corrected chi connectivity index (χ1v) is 18.7. The molecule has 4 heteroatoms. The molecule has 0 fully saturated rings. The summed E-state index contributed by atoms with van der Waals surface area (Å²) in [6.07, 6.45) is 18.0. The Bertz CT molecular complexity index is 742. The summed E-state index contributed by atoms with van der Waals surface area (Å²) in [6.45, 7) is 2.33. The van der Waals surface area contributed by atoms with Crippen molar-refractivity contribution >= 4 is 34.7 Å².